The van der Waals surface area contributed by atoms with Crippen molar-refractivity contribution in [2.24, 2.45) is 0 Å². The monoisotopic (exact) mass is 542 g/mol. The van der Waals surface area contributed by atoms with Gasteiger partial charge in [0.25, 0.3) is 0 Å². The lowest BCUT2D eigenvalue weighted by atomic mass is 10.1. The van der Waals surface area contributed by atoms with Gasteiger partial charge in [0.2, 0.25) is 0 Å². The first-order valence-corrected chi connectivity index (χ1v) is 14.4. The Hall–Kier alpha value is -5.22. The molecule has 202 valence electrons. The molecule has 0 spiro atoms. The van der Waals surface area contributed by atoms with Crippen molar-refractivity contribution in [2.75, 3.05) is 0 Å². The minimum Gasteiger partial charge on any atom is -0.309 e. The zero-order valence-electron chi connectivity index (χ0n) is 24.2. The van der Waals surface area contributed by atoms with E-state index in [1.54, 1.807) is 0 Å². The van der Waals surface area contributed by atoms with E-state index in [9.17, 15) is 0 Å². The van der Waals surface area contributed by atoms with Crippen LogP contribution in [0, 0.1) is 27.7 Å². The Morgan fingerprint density at radius 2 is 0.714 bits per heavy atom. The second-order valence-electron chi connectivity index (χ2n) is 11.4. The van der Waals surface area contributed by atoms with Gasteiger partial charge < -0.3 is 9.13 Å². The van der Waals surface area contributed by atoms with Crippen molar-refractivity contribution in [3.63, 3.8) is 0 Å². The highest BCUT2D eigenvalue weighted by molar-refractivity contribution is 6.12. The second-order valence-corrected chi connectivity index (χ2v) is 11.4. The average molecular weight is 543 g/mol. The number of hydrogen-bond acceptors (Lipinski definition) is 2. The number of aryl methyl sites for hydroxylation is 4. The summed E-state index contributed by atoms with van der Waals surface area (Å²) in [4.78, 5) is 9.64. The van der Waals surface area contributed by atoms with Crippen LogP contribution in [0.2, 0.25) is 0 Å². The summed E-state index contributed by atoms with van der Waals surface area (Å²) in [5, 5.41) is 5.07. The highest BCUT2D eigenvalue weighted by Crippen LogP contribution is 2.38. The summed E-state index contributed by atoms with van der Waals surface area (Å²) < 4.78 is 4.79. The number of benzene rings is 4. The van der Waals surface area contributed by atoms with Crippen LogP contribution in [0.4, 0.5) is 0 Å². The zero-order valence-corrected chi connectivity index (χ0v) is 24.2. The lowest BCUT2D eigenvalue weighted by Crippen LogP contribution is -2.00. The molecular formula is C38H30N4. The van der Waals surface area contributed by atoms with Crippen molar-refractivity contribution in [2.45, 2.75) is 27.7 Å². The predicted octanol–water partition coefficient (Wildman–Crippen LogP) is 9.57. The van der Waals surface area contributed by atoms with E-state index in [1.165, 1.54) is 65.9 Å². The first-order chi connectivity index (χ1) is 20.5. The Morgan fingerprint density at radius 1 is 0.405 bits per heavy atom. The van der Waals surface area contributed by atoms with Gasteiger partial charge in [-0.2, -0.15) is 0 Å². The fourth-order valence-electron chi connectivity index (χ4n) is 6.83. The van der Waals surface area contributed by atoms with Gasteiger partial charge >= 0.3 is 0 Å². The molecule has 0 saturated carbocycles. The molecule has 42 heavy (non-hydrogen) atoms. The molecular weight excluding hydrogens is 512 g/mol. The van der Waals surface area contributed by atoms with Crippen LogP contribution in [0.25, 0.3) is 66.4 Å². The summed E-state index contributed by atoms with van der Waals surface area (Å²) in [5.41, 5.74) is 13.8. The third-order valence-electron chi connectivity index (χ3n) is 8.69. The highest BCUT2D eigenvalue weighted by Gasteiger charge is 2.18. The molecule has 4 nitrogen and oxygen atoms in total. The van der Waals surface area contributed by atoms with Crippen LogP contribution in [-0.4, -0.2) is 19.1 Å². The summed E-state index contributed by atoms with van der Waals surface area (Å²) in [5.74, 6) is 0. The molecule has 0 bridgehead atoms. The molecule has 0 unspecified atom stereocenters. The number of aromatic nitrogens is 4. The quantitative estimate of drug-likeness (QED) is 0.223. The van der Waals surface area contributed by atoms with E-state index in [4.69, 9.17) is 9.97 Å². The van der Waals surface area contributed by atoms with Gasteiger partial charge in [-0.15, -0.1) is 0 Å². The molecule has 0 fully saturated rings. The van der Waals surface area contributed by atoms with Crippen LogP contribution >= 0.6 is 0 Å². The Balaban J connectivity index is 1.35. The largest absolute Gasteiger partial charge is 0.309 e. The van der Waals surface area contributed by atoms with E-state index in [-0.39, 0.29) is 0 Å². The normalized spacial score (nSPS) is 11.8. The van der Waals surface area contributed by atoms with Crippen molar-refractivity contribution in [3.8, 4) is 22.8 Å². The van der Waals surface area contributed by atoms with E-state index in [0.717, 1.165) is 22.8 Å². The maximum absolute atomic E-state index is 4.82. The van der Waals surface area contributed by atoms with E-state index in [2.05, 4.69) is 134 Å². The van der Waals surface area contributed by atoms with Gasteiger partial charge in [0.15, 0.2) is 0 Å². The summed E-state index contributed by atoms with van der Waals surface area (Å²) in [7, 11) is 0. The van der Waals surface area contributed by atoms with Gasteiger partial charge in [-0.3, -0.25) is 9.97 Å². The molecule has 0 aliphatic carbocycles. The maximum atomic E-state index is 4.82. The summed E-state index contributed by atoms with van der Waals surface area (Å²) in [6.07, 6.45) is 3.81. The van der Waals surface area contributed by atoms with Crippen LogP contribution < -0.4 is 0 Å². The summed E-state index contributed by atoms with van der Waals surface area (Å²) in [6.45, 7) is 8.76. The third kappa shape index (κ3) is 3.48. The van der Waals surface area contributed by atoms with Crippen molar-refractivity contribution in [1.82, 2.24) is 19.1 Å². The van der Waals surface area contributed by atoms with Crippen molar-refractivity contribution < 1.29 is 0 Å². The first kappa shape index (κ1) is 24.6. The SMILES string of the molecule is Cc1cccc2c3cccc(C)c3n(-c3ccnc(-c4cc(-n5c6c(C)cccc6c6cccc(C)c65)ccn4)c3)c12. The van der Waals surface area contributed by atoms with Crippen molar-refractivity contribution in [3.05, 3.63) is 132 Å². The highest BCUT2D eigenvalue weighted by atomic mass is 15.0. The summed E-state index contributed by atoms with van der Waals surface area (Å²) in [6, 6.07) is 34.8. The fourth-order valence-corrected chi connectivity index (χ4v) is 6.83. The molecule has 4 heteroatoms. The Bertz CT molecular complexity index is 2070. The van der Waals surface area contributed by atoms with E-state index >= 15 is 0 Å². The standard InChI is InChI=1S/C38H30N4/c1-23-9-5-13-29-30-14-6-10-24(2)36(30)41(35(23)29)27-17-19-39-33(21-27)34-22-28(18-20-40-34)42-37-25(3)11-7-15-31(37)32-16-8-12-26(4)38(32)42/h5-22H,1-4H3. The van der Waals surface area contributed by atoms with Crippen LogP contribution in [0.3, 0.4) is 0 Å². The van der Waals surface area contributed by atoms with E-state index in [0.29, 0.717) is 0 Å². The van der Waals surface area contributed by atoms with Gasteiger partial charge in [-0.05, 0) is 74.2 Å². The number of pyridine rings is 2. The Kier molecular flexibility index (Phi) is 5.35. The van der Waals surface area contributed by atoms with Crippen LogP contribution in [0.1, 0.15) is 22.3 Å². The predicted molar refractivity (Wildman–Crippen MR) is 175 cm³/mol. The number of nitrogens with zero attached hydrogens (tertiary/aromatic N) is 4. The minimum atomic E-state index is 0.848. The fraction of sp³-hybridized carbons (Fsp3) is 0.105. The minimum absolute atomic E-state index is 0.848. The number of para-hydroxylation sites is 4. The van der Waals surface area contributed by atoms with Crippen LogP contribution in [0.5, 0.6) is 0 Å². The van der Waals surface area contributed by atoms with Gasteiger partial charge in [-0.25, -0.2) is 0 Å². The molecule has 0 aliphatic heterocycles. The third-order valence-corrected chi connectivity index (χ3v) is 8.69. The van der Waals surface area contributed by atoms with Gasteiger partial charge in [0, 0.05) is 45.3 Å². The lowest BCUT2D eigenvalue weighted by Gasteiger charge is -2.13. The second kappa shape index (κ2) is 9.15. The number of fused-ring (bicyclic) bond motifs is 6. The number of rotatable bonds is 3. The van der Waals surface area contributed by atoms with Crippen LogP contribution in [-0.2, 0) is 0 Å². The molecule has 0 N–H and O–H groups in total. The Morgan fingerprint density at radius 3 is 1.02 bits per heavy atom. The maximum Gasteiger partial charge on any atom is 0.0907 e. The molecule has 4 aromatic carbocycles. The number of hydrogen-bond donors (Lipinski definition) is 0. The smallest absolute Gasteiger partial charge is 0.0907 e. The lowest BCUT2D eigenvalue weighted by molar-refractivity contribution is 1.12. The van der Waals surface area contributed by atoms with E-state index in [1.807, 2.05) is 12.4 Å². The molecule has 8 aromatic rings. The first-order valence-electron chi connectivity index (χ1n) is 14.4. The average Bonchev–Trinajstić information content (AvgIpc) is 3.54. The molecule has 0 saturated heterocycles. The summed E-state index contributed by atoms with van der Waals surface area (Å²) >= 11 is 0. The molecule has 0 atom stereocenters. The molecule has 0 radical (unpaired) electrons. The van der Waals surface area contributed by atoms with Crippen molar-refractivity contribution >= 4 is 43.6 Å². The van der Waals surface area contributed by atoms with Gasteiger partial charge in [0.05, 0.1) is 33.5 Å². The van der Waals surface area contributed by atoms with Gasteiger partial charge in [0.1, 0.15) is 0 Å². The van der Waals surface area contributed by atoms with Crippen LogP contribution in [0.15, 0.2) is 109 Å². The zero-order chi connectivity index (χ0) is 28.5. The molecule has 4 heterocycles. The Labute approximate surface area is 244 Å². The topological polar surface area (TPSA) is 35.6 Å². The molecule has 0 amide bonds. The van der Waals surface area contributed by atoms with E-state index < -0.39 is 0 Å². The van der Waals surface area contributed by atoms with Gasteiger partial charge in [-0.1, -0.05) is 72.8 Å². The molecule has 0 aliphatic rings. The molecule has 8 rings (SSSR count). The molecule has 4 aromatic heterocycles. The van der Waals surface area contributed by atoms with Crippen molar-refractivity contribution in [1.29, 1.82) is 0 Å².